The number of hydrogen-bond donors (Lipinski definition) is 1. The Morgan fingerprint density at radius 2 is 2.00 bits per heavy atom. The quantitative estimate of drug-likeness (QED) is 0.646. The number of anilines is 1. The molecule has 29 heavy (non-hydrogen) atoms. The van der Waals surface area contributed by atoms with Gasteiger partial charge in [-0.25, -0.2) is 4.39 Å². The standard InChI is InChI=1S/C22H18FN5O/c1-3-22(14-26-15(22)2)21(29)28-20(25-13-16-7-9-17(23)10-8-16)12-19(27-28)18-6-4-5-11-24-18/h3-12,14,25H,1-2,13H2. The van der Waals surface area contributed by atoms with E-state index in [1.807, 2.05) is 12.1 Å². The van der Waals surface area contributed by atoms with Crippen molar-refractivity contribution in [3.8, 4) is 11.4 Å². The molecule has 2 aromatic heterocycles. The Hall–Kier alpha value is -3.87. The number of aromatic nitrogens is 3. The highest BCUT2D eigenvalue weighted by Gasteiger charge is 2.44. The zero-order chi connectivity index (χ0) is 20.4. The number of carbonyl (C=O) groups excluding carboxylic acids is 1. The summed E-state index contributed by atoms with van der Waals surface area (Å²) in [6.07, 6.45) is 4.68. The molecular weight excluding hydrogens is 369 g/mol. The van der Waals surface area contributed by atoms with Crippen molar-refractivity contribution in [2.75, 3.05) is 5.32 Å². The molecule has 0 bridgehead atoms. The second kappa shape index (κ2) is 7.27. The van der Waals surface area contributed by atoms with E-state index in [9.17, 15) is 9.18 Å². The van der Waals surface area contributed by atoms with Crippen LogP contribution in [0.2, 0.25) is 0 Å². The van der Waals surface area contributed by atoms with Crippen LogP contribution in [0.3, 0.4) is 0 Å². The smallest absolute Gasteiger partial charge is 0.270 e. The largest absolute Gasteiger partial charge is 0.366 e. The van der Waals surface area contributed by atoms with Crippen LogP contribution in [0, 0.1) is 11.2 Å². The van der Waals surface area contributed by atoms with Gasteiger partial charge in [0.05, 0.1) is 11.4 Å². The van der Waals surface area contributed by atoms with Crippen LogP contribution < -0.4 is 5.32 Å². The fourth-order valence-corrected chi connectivity index (χ4v) is 3.00. The average molecular weight is 387 g/mol. The number of aliphatic imine (C=N–C) groups is 1. The number of benzene rings is 1. The topological polar surface area (TPSA) is 72.2 Å². The highest BCUT2D eigenvalue weighted by molar-refractivity contribution is 6.09. The molecule has 3 heterocycles. The summed E-state index contributed by atoms with van der Waals surface area (Å²) in [5, 5.41) is 7.67. The van der Waals surface area contributed by atoms with Crippen LogP contribution in [0.4, 0.5) is 10.2 Å². The second-order valence-electron chi connectivity index (χ2n) is 6.60. The van der Waals surface area contributed by atoms with Crippen LogP contribution in [0.25, 0.3) is 11.4 Å². The molecule has 0 saturated heterocycles. The molecule has 0 radical (unpaired) electrons. The normalized spacial score (nSPS) is 17.6. The molecule has 0 amide bonds. The molecular formula is C22H18FN5O. The van der Waals surface area contributed by atoms with Crippen molar-refractivity contribution in [1.82, 2.24) is 14.8 Å². The number of hydrogen-bond acceptors (Lipinski definition) is 5. The molecule has 1 aromatic carbocycles. The van der Waals surface area contributed by atoms with Crippen molar-refractivity contribution >= 4 is 17.9 Å². The summed E-state index contributed by atoms with van der Waals surface area (Å²) in [5.41, 5.74) is 1.37. The SMILES string of the molecule is C=CC1(C(=O)n2nc(-c3ccccn3)cc2NCc2ccc(F)cc2)C=NC1=C. The van der Waals surface area contributed by atoms with Crippen molar-refractivity contribution in [2.24, 2.45) is 10.4 Å². The number of carbonyl (C=O) groups is 1. The molecule has 1 N–H and O–H groups in total. The van der Waals surface area contributed by atoms with E-state index in [0.29, 0.717) is 29.4 Å². The summed E-state index contributed by atoms with van der Waals surface area (Å²) in [6.45, 7) is 7.98. The summed E-state index contributed by atoms with van der Waals surface area (Å²) in [6, 6.07) is 13.3. The van der Waals surface area contributed by atoms with Crippen molar-refractivity contribution in [2.45, 2.75) is 6.54 Å². The maximum Gasteiger partial charge on any atom is 0.270 e. The number of allylic oxidation sites excluding steroid dienone is 1. The maximum atomic E-state index is 13.3. The minimum Gasteiger partial charge on any atom is -0.366 e. The zero-order valence-electron chi connectivity index (χ0n) is 15.5. The van der Waals surface area contributed by atoms with E-state index in [1.54, 1.807) is 30.5 Å². The van der Waals surface area contributed by atoms with Crippen molar-refractivity contribution in [3.05, 3.63) is 91.0 Å². The third kappa shape index (κ3) is 3.27. The van der Waals surface area contributed by atoms with Gasteiger partial charge in [-0.1, -0.05) is 30.9 Å². The molecule has 7 heteroatoms. The van der Waals surface area contributed by atoms with Gasteiger partial charge in [0.15, 0.2) is 0 Å². The molecule has 0 saturated carbocycles. The van der Waals surface area contributed by atoms with Gasteiger partial charge in [-0.05, 0) is 29.8 Å². The van der Waals surface area contributed by atoms with E-state index in [-0.39, 0.29) is 11.7 Å². The van der Waals surface area contributed by atoms with Crippen LogP contribution in [-0.2, 0) is 6.54 Å². The summed E-state index contributed by atoms with van der Waals surface area (Å²) >= 11 is 0. The Labute approximate surface area is 167 Å². The highest BCUT2D eigenvalue weighted by atomic mass is 19.1. The van der Waals surface area contributed by atoms with Gasteiger partial charge in [0.25, 0.3) is 5.91 Å². The number of halogens is 1. The summed E-state index contributed by atoms with van der Waals surface area (Å²) in [7, 11) is 0. The van der Waals surface area contributed by atoms with Crippen LogP contribution in [0.1, 0.15) is 10.4 Å². The van der Waals surface area contributed by atoms with Crippen molar-refractivity contribution in [1.29, 1.82) is 0 Å². The van der Waals surface area contributed by atoms with Gasteiger partial charge in [-0.2, -0.15) is 9.78 Å². The van der Waals surface area contributed by atoms with Crippen molar-refractivity contribution < 1.29 is 9.18 Å². The van der Waals surface area contributed by atoms with Gasteiger partial charge in [-0.3, -0.25) is 14.8 Å². The first-order valence-corrected chi connectivity index (χ1v) is 8.96. The molecule has 4 rings (SSSR count). The molecule has 1 aliphatic rings. The van der Waals surface area contributed by atoms with Crippen LogP contribution in [0.15, 0.2) is 84.7 Å². The van der Waals surface area contributed by atoms with E-state index in [0.717, 1.165) is 5.56 Å². The fraction of sp³-hybridized carbons (Fsp3) is 0.0909. The highest BCUT2D eigenvalue weighted by Crippen LogP contribution is 2.37. The minimum absolute atomic E-state index is 0.304. The number of nitrogens with one attached hydrogen (secondary N) is 1. The number of rotatable bonds is 6. The lowest BCUT2D eigenvalue weighted by atomic mass is 9.81. The van der Waals surface area contributed by atoms with Gasteiger partial charge >= 0.3 is 0 Å². The lowest BCUT2D eigenvalue weighted by Gasteiger charge is -2.31. The molecule has 0 spiro atoms. The maximum absolute atomic E-state index is 13.3. The first-order valence-electron chi connectivity index (χ1n) is 8.96. The lowest BCUT2D eigenvalue weighted by Crippen LogP contribution is -2.42. The zero-order valence-corrected chi connectivity index (χ0v) is 15.5. The van der Waals surface area contributed by atoms with E-state index < -0.39 is 5.41 Å². The van der Waals surface area contributed by atoms with E-state index in [2.05, 4.69) is 33.5 Å². The Balaban J connectivity index is 1.70. The predicted molar refractivity (Wildman–Crippen MR) is 110 cm³/mol. The Morgan fingerprint density at radius 1 is 1.21 bits per heavy atom. The minimum atomic E-state index is -1.08. The fourth-order valence-electron chi connectivity index (χ4n) is 3.00. The van der Waals surface area contributed by atoms with Gasteiger partial charge in [0, 0.05) is 25.0 Å². The number of pyridine rings is 1. The van der Waals surface area contributed by atoms with Gasteiger partial charge in [-0.15, -0.1) is 6.58 Å². The van der Waals surface area contributed by atoms with E-state index in [4.69, 9.17) is 0 Å². The van der Waals surface area contributed by atoms with E-state index >= 15 is 0 Å². The molecule has 3 aromatic rings. The third-order valence-electron chi connectivity index (χ3n) is 4.79. The molecule has 144 valence electrons. The van der Waals surface area contributed by atoms with E-state index in [1.165, 1.54) is 29.1 Å². The molecule has 1 aliphatic heterocycles. The lowest BCUT2D eigenvalue weighted by molar-refractivity contribution is 0.0828. The second-order valence-corrected chi connectivity index (χ2v) is 6.60. The van der Waals surface area contributed by atoms with Gasteiger partial charge in [0.1, 0.15) is 22.7 Å². The summed E-state index contributed by atoms with van der Waals surface area (Å²) < 4.78 is 14.4. The summed E-state index contributed by atoms with van der Waals surface area (Å²) in [4.78, 5) is 21.6. The van der Waals surface area contributed by atoms with Gasteiger partial charge < -0.3 is 5.32 Å². The molecule has 1 atom stereocenters. The average Bonchev–Trinajstić information content (AvgIpc) is 3.18. The Bertz CT molecular complexity index is 1120. The van der Waals surface area contributed by atoms with Crippen LogP contribution >= 0.6 is 0 Å². The molecule has 6 nitrogen and oxygen atoms in total. The monoisotopic (exact) mass is 387 g/mol. The Morgan fingerprint density at radius 3 is 2.59 bits per heavy atom. The molecule has 0 aliphatic carbocycles. The first-order chi connectivity index (χ1) is 14.0. The molecule has 0 fully saturated rings. The molecule has 1 unspecified atom stereocenters. The van der Waals surface area contributed by atoms with Gasteiger partial charge in [0.2, 0.25) is 0 Å². The predicted octanol–water partition coefficient (Wildman–Crippen LogP) is 4.11. The Kier molecular flexibility index (Phi) is 4.64. The first kappa shape index (κ1) is 18.5. The third-order valence-corrected chi connectivity index (χ3v) is 4.79. The van der Waals surface area contributed by atoms with Crippen LogP contribution in [0.5, 0.6) is 0 Å². The number of nitrogens with zero attached hydrogens (tertiary/aromatic N) is 4. The van der Waals surface area contributed by atoms with Crippen molar-refractivity contribution in [3.63, 3.8) is 0 Å². The summed E-state index contributed by atoms with van der Waals surface area (Å²) in [5.74, 6) is -0.160. The van der Waals surface area contributed by atoms with Crippen LogP contribution in [-0.4, -0.2) is 26.9 Å².